The number of carbonyl (C=O) groups is 1. The van der Waals surface area contributed by atoms with Crippen LogP contribution in [0.15, 0.2) is 53.2 Å². The lowest BCUT2D eigenvalue weighted by Gasteiger charge is -2.15. The molecule has 32 heavy (non-hydrogen) atoms. The number of pyridine rings is 1. The number of nitriles is 1. The Morgan fingerprint density at radius 1 is 1.34 bits per heavy atom. The first-order valence-electron chi connectivity index (χ1n) is 9.57. The highest BCUT2D eigenvalue weighted by atomic mass is 79.9. The molecule has 0 saturated carbocycles. The average molecular weight is 498 g/mol. The normalized spacial score (nSPS) is 11.0. The number of nitrogens with zero attached hydrogens (tertiary/aromatic N) is 3. The van der Waals surface area contributed by atoms with Gasteiger partial charge in [0.05, 0.1) is 34.0 Å². The molecule has 0 aliphatic heterocycles. The first kappa shape index (κ1) is 23.2. The molecule has 2 aromatic carbocycles. The van der Waals surface area contributed by atoms with Gasteiger partial charge < -0.3 is 20.3 Å². The van der Waals surface area contributed by atoms with E-state index in [0.29, 0.717) is 50.3 Å². The van der Waals surface area contributed by atoms with Crippen molar-refractivity contribution < 1.29 is 13.9 Å². The Balaban J connectivity index is 2.05. The van der Waals surface area contributed by atoms with Crippen molar-refractivity contribution >= 4 is 49.8 Å². The molecule has 0 unspecified atom stereocenters. The first-order chi connectivity index (χ1) is 15.3. The number of carbonyl (C=O) groups excluding carboxylic acids is 1. The fraction of sp³-hybridized carbons (Fsp3) is 0.174. The van der Waals surface area contributed by atoms with Gasteiger partial charge in [0.15, 0.2) is 0 Å². The number of anilines is 3. The number of hydrogen-bond donors (Lipinski definition) is 2. The lowest BCUT2D eigenvalue weighted by molar-refractivity contribution is -0.111. The minimum absolute atomic E-state index is 0.290. The molecule has 0 bridgehead atoms. The average Bonchev–Trinajstić information content (AvgIpc) is 2.76. The molecule has 0 saturated heterocycles. The van der Waals surface area contributed by atoms with Crippen LogP contribution < -0.4 is 15.4 Å². The molecule has 3 aromatic rings. The highest BCUT2D eigenvalue weighted by Gasteiger charge is 2.15. The molecule has 1 amide bonds. The number of fused-ring (bicyclic) bond motifs is 1. The van der Waals surface area contributed by atoms with Gasteiger partial charge >= 0.3 is 0 Å². The van der Waals surface area contributed by atoms with Gasteiger partial charge in [0.25, 0.3) is 0 Å². The maximum atomic E-state index is 13.6. The molecule has 2 N–H and O–H groups in total. The Labute approximate surface area is 193 Å². The highest BCUT2D eigenvalue weighted by molar-refractivity contribution is 9.10. The second-order valence-electron chi connectivity index (χ2n) is 7.14. The molecule has 1 aromatic heterocycles. The van der Waals surface area contributed by atoms with Crippen molar-refractivity contribution in [1.82, 2.24) is 9.88 Å². The molecule has 0 spiro atoms. The van der Waals surface area contributed by atoms with Gasteiger partial charge in [-0.25, -0.2) is 4.39 Å². The minimum Gasteiger partial charge on any atom is -0.494 e. The smallest absolute Gasteiger partial charge is 0.248 e. The van der Waals surface area contributed by atoms with E-state index < -0.39 is 5.82 Å². The van der Waals surface area contributed by atoms with Crippen molar-refractivity contribution in [2.75, 3.05) is 38.4 Å². The molecule has 9 heteroatoms. The van der Waals surface area contributed by atoms with Crippen molar-refractivity contribution in [2.45, 2.75) is 0 Å². The zero-order valence-electron chi connectivity index (χ0n) is 17.7. The molecule has 1 heterocycles. The second-order valence-corrected chi connectivity index (χ2v) is 7.99. The third kappa shape index (κ3) is 5.41. The monoisotopic (exact) mass is 497 g/mol. The number of hydrogen-bond acceptors (Lipinski definition) is 6. The minimum atomic E-state index is -0.396. The van der Waals surface area contributed by atoms with Crippen LogP contribution in [0.25, 0.3) is 10.9 Å². The van der Waals surface area contributed by atoms with E-state index in [9.17, 15) is 14.4 Å². The van der Waals surface area contributed by atoms with Crippen LogP contribution in [0, 0.1) is 17.1 Å². The van der Waals surface area contributed by atoms with Gasteiger partial charge in [-0.1, -0.05) is 6.08 Å². The van der Waals surface area contributed by atoms with Gasteiger partial charge in [0, 0.05) is 36.0 Å². The Kier molecular flexibility index (Phi) is 7.41. The molecule has 0 aliphatic rings. The van der Waals surface area contributed by atoms with E-state index in [-0.39, 0.29) is 5.91 Å². The van der Waals surface area contributed by atoms with Gasteiger partial charge in [-0.3, -0.25) is 9.78 Å². The Bertz CT molecular complexity index is 1240. The summed E-state index contributed by atoms with van der Waals surface area (Å²) in [6.07, 6.45) is 4.64. The Morgan fingerprint density at radius 2 is 2.12 bits per heavy atom. The summed E-state index contributed by atoms with van der Waals surface area (Å²) in [5, 5.41) is 16.2. The number of rotatable bonds is 7. The molecule has 0 radical (unpaired) electrons. The highest BCUT2D eigenvalue weighted by Crippen LogP contribution is 2.36. The van der Waals surface area contributed by atoms with E-state index in [4.69, 9.17) is 4.74 Å². The van der Waals surface area contributed by atoms with Gasteiger partial charge in [0.2, 0.25) is 5.91 Å². The van der Waals surface area contributed by atoms with Gasteiger partial charge in [-0.2, -0.15) is 5.26 Å². The molecule has 164 valence electrons. The number of aromatic nitrogens is 1. The van der Waals surface area contributed by atoms with Gasteiger partial charge in [-0.05, 0) is 54.3 Å². The van der Waals surface area contributed by atoms with Crippen LogP contribution in [0.2, 0.25) is 0 Å². The third-order valence-electron chi connectivity index (χ3n) is 4.50. The van der Waals surface area contributed by atoms with Crippen molar-refractivity contribution in [1.29, 1.82) is 5.26 Å². The summed E-state index contributed by atoms with van der Waals surface area (Å²) in [4.78, 5) is 18.6. The summed E-state index contributed by atoms with van der Waals surface area (Å²) in [5.41, 5.74) is 2.35. The van der Waals surface area contributed by atoms with E-state index >= 15 is 0 Å². The maximum absolute atomic E-state index is 13.6. The number of halogens is 2. The fourth-order valence-corrected chi connectivity index (χ4v) is 3.35. The number of benzene rings is 2. The Morgan fingerprint density at radius 3 is 2.78 bits per heavy atom. The van der Waals surface area contributed by atoms with Crippen LogP contribution in [0.1, 0.15) is 5.56 Å². The first-order valence-corrected chi connectivity index (χ1v) is 10.4. The summed E-state index contributed by atoms with van der Waals surface area (Å²) in [5.74, 6) is -0.280. The van der Waals surface area contributed by atoms with Crippen molar-refractivity contribution in [3.8, 4) is 11.8 Å². The van der Waals surface area contributed by atoms with Crippen LogP contribution in [-0.4, -0.2) is 43.5 Å². The molecule has 7 nitrogen and oxygen atoms in total. The number of methoxy groups -OCH3 is 1. The zero-order chi connectivity index (χ0) is 23.3. The molecular weight excluding hydrogens is 477 g/mol. The van der Waals surface area contributed by atoms with Crippen LogP contribution in [-0.2, 0) is 4.79 Å². The lowest BCUT2D eigenvalue weighted by Crippen LogP contribution is -2.13. The van der Waals surface area contributed by atoms with Crippen LogP contribution in [0.5, 0.6) is 5.75 Å². The van der Waals surface area contributed by atoms with Gasteiger partial charge in [0.1, 0.15) is 17.6 Å². The SMILES string of the molecule is COc1cc2ncc(C#N)c(Nc3ccc(F)c(Br)c3)c2cc1NC(=O)/C=C/CN(C)C. The molecule has 0 fully saturated rings. The van der Waals surface area contributed by atoms with Crippen molar-refractivity contribution in [3.63, 3.8) is 0 Å². The van der Waals surface area contributed by atoms with Crippen molar-refractivity contribution in [3.05, 3.63) is 64.5 Å². The molecule has 0 atom stereocenters. The fourth-order valence-electron chi connectivity index (χ4n) is 2.97. The summed E-state index contributed by atoms with van der Waals surface area (Å²) in [6.45, 7) is 0.624. The standard InChI is InChI=1S/C23H21BrFN5O2/c1-30(2)8-4-5-22(31)29-20-10-16-19(11-21(20)32-3)27-13-14(12-26)23(16)28-15-6-7-18(25)17(24)9-15/h4-7,9-11,13H,8H2,1-3H3,(H,27,28)(H,29,31)/b5-4+. The quantitative estimate of drug-likeness (QED) is 0.455. The van der Waals surface area contributed by atoms with Gasteiger partial charge in [-0.15, -0.1) is 0 Å². The zero-order valence-corrected chi connectivity index (χ0v) is 19.3. The van der Waals surface area contributed by atoms with E-state index in [1.165, 1.54) is 25.4 Å². The van der Waals surface area contributed by atoms with Crippen LogP contribution in [0.3, 0.4) is 0 Å². The summed E-state index contributed by atoms with van der Waals surface area (Å²) in [7, 11) is 5.31. The van der Waals surface area contributed by atoms with Crippen LogP contribution >= 0.6 is 15.9 Å². The van der Waals surface area contributed by atoms with E-state index in [1.54, 1.807) is 30.3 Å². The topological polar surface area (TPSA) is 90.3 Å². The largest absolute Gasteiger partial charge is 0.494 e. The summed E-state index contributed by atoms with van der Waals surface area (Å²) in [6, 6.07) is 9.95. The van der Waals surface area contributed by atoms with Crippen LogP contribution in [0.4, 0.5) is 21.5 Å². The number of amides is 1. The van der Waals surface area contributed by atoms with E-state index in [2.05, 4.69) is 37.6 Å². The molecular formula is C23H21BrFN5O2. The summed E-state index contributed by atoms with van der Waals surface area (Å²) < 4.78 is 19.3. The predicted octanol–water partition coefficient (Wildman–Crippen LogP) is 4.82. The Hall–Kier alpha value is -3.48. The number of nitrogens with one attached hydrogen (secondary N) is 2. The lowest BCUT2D eigenvalue weighted by atomic mass is 10.1. The predicted molar refractivity (Wildman–Crippen MR) is 127 cm³/mol. The molecule has 0 aliphatic carbocycles. The number of ether oxygens (including phenoxy) is 1. The second kappa shape index (κ2) is 10.2. The number of likely N-dealkylation sites (N-methyl/N-ethyl adjacent to an activating group) is 1. The molecule has 3 rings (SSSR count). The maximum Gasteiger partial charge on any atom is 0.248 e. The van der Waals surface area contributed by atoms with E-state index in [0.717, 1.165) is 0 Å². The van der Waals surface area contributed by atoms with E-state index in [1.807, 2.05) is 19.0 Å². The summed E-state index contributed by atoms with van der Waals surface area (Å²) >= 11 is 3.17. The third-order valence-corrected chi connectivity index (χ3v) is 5.10. The van der Waals surface area contributed by atoms with Crippen molar-refractivity contribution in [2.24, 2.45) is 0 Å².